The summed E-state index contributed by atoms with van der Waals surface area (Å²) < 4.78 is 37.0. The summed E-state index contributed by atoms with van der Waals surface area (Å²) in [5, 5.41) is 0. The highest BCUT2D eigenvalue weighted by atomic mass is 32.2. The van der Waals surface area contributed by atoms with Gasteiger partial charge in [0.25, 0.3) is 5.91 Å². The molecule has 0 radical (unpaired) electrons. The molecule has 2 aromatic rings. The van der Waals surface area contributed by atoms with Crippen molar-refractivity contribution in [2.45, 2.75) is 24.3 Å². The first-order chi connectivity index (χ1) is 10.8. The van der Waals surface area contributed by atoms with Gasteiger partial charge in [0, 0.05) is 22.7 Å². The molecule has 0 heterocycles. The average Bonchev–Trinajstić information content (AvgIpc) is 2.49. The Kier molecular flexibility index (Phi) is 5.36. The summed E-state index contributed by atoms with van der Waals surface area (Å²) in [4.78, 5) is 14.3. The summed E-state index contributed by atoms with van der Waals surface area (Å²) in [7, 11) is 0. The van der Waals surface area contributed by atoms with Gasteiger partial charge in [-0.3, -0.25) is 4.79 Å². The van der Waals surface area contributed by atoms with E-state index in [1.54, 1.807) is 4.90 Å². The van der Waals surface area contributed by atoms with Crippen LogP contribution in [0.3, 0.4) is 0 Å². The highest BCUT2D eigenvalue weighted by molar-refractivity contribution is 8.00. The predicted octanol–water partition coefficient (Wildman–Crippen LogP) is 5.27. The van der Waals surface area contributed by atoms with Gasteiger partial charge >= 0.3 is 5.51 Å². The van der Waals surface area contributed by atoms with Gasteiger partial charge in [-0.1, -0.05) is 18.2 Å². The molecule has 23 heavy (non-hydrogen) atoms. The molecule has 0 aliphatic heterocycles. The second kappa shape index (κ2) is 7.08. The number of para-hydroxylation sites is 1. The number of amides is 1. The number of carbonyl (C=O) groups excluding carboxylic acids is 1. The molecule has 0 bridgehead atoms. The highest BCUT2D eigenvalue weighted by Crippen LogP contribution is 2.36. The number of rotatable bonds is 4. The van der Waals surface area contributed by atoms with E-state index in [0.29, 0.717) is 12.1 Å². The van der Waals surface area contributed by atoms with Gasteiger partial charge in [-0.2, -0.15) is 13.2 Å². The number of hydrogen-bond donors (Lipinski definition) is 0. The molecular formula is C17H16F3NOS. The summed E-state index contributed by atoms with van der Waals surface area (Å²) in [6.45, 7) is 4.25. The van der Waals surface area contributed by atoms with Crippen molar-refractivity contribution in [3.05, 3.63) is 59.7 Å². The average molecular weight is 339 g/mol. The lowest BCUT2D eigenvalue weighted by molar-refractivity contribution is -0.0328. The minimum atomic E-state index is -4.33. The first kappa shape index (κ1) is 17.4. The van der Waals surface area contributed by atoms with Crippen molar-refractivity contribution in [1.29, 1.82) is 0 Å². The summed E-state index contributed by atoms with van der Waals surface area (Å²) in [6, 6.07) is 13.0. The number of benzene rings is 2. The minimum absolute atomic E-state index is 0.0630. The number of hydrogen-bond acceptors (Lipinski definition) is 2. The van der Waals surface area contributed by atoms with E-state index >= 15 is 0 Å². The van der Waals surface area contributed by atoms with Crippen molar-refractivity contribution in [3.8, 4) is 0 Å². The predicted molar refractivity (Wildman–Crippen MR) is 86.9 cm³/mol. The maximum atomic E-state index is 12.6. The van der Waals surface area contributed by atoms with Crippen LogP contribution in [0, 0.1) is 6.92 Å². The van der Waals surface area contributed by atoms with E-state index in [4.69, 9.17) is 0 Å². The Labute approximate surface area is 137 Å². The molecule has 0 aromatic heterocycles. The second-order valence-electron chi connectivity index (χ2n) is 4.91. The molecule has 0 aliphatic rings. The van der Waals surface area contributed by atoms with Crippen LogP contribution in [0.4, 0.5) is 18.9 Å². The van der Waals surface area contributed by atoms with Crippen molar-refractivity contribution >= 4 is 23.4 Å². The zero-order chi connectivity index (χ0) is 17.0. The Morgan fingerprint density at radius 1 is 1.09 bits per heavy atom. The Bertz CT molecular complexity index is 683. The maximum absolute atomic E-state index is 12.6. The first-order valence-corrected chi connectivity index (χ1v) is 7.87. The summed E-state index contributed by atoms with van der Waals surface area (Å²) >= 11 is -0.191. The van der Waals surface area contributed by atoms with Gasteiger partial charge in [0.15, 0.2) is 0 Å². The van der Waals surface area contributed by atoms with Gasteiger partial charge in [-0.15, -0.1) is 0 Å². The molecular weight excluding hydrogens is 323 g/mol. The molecule has 2 nitrogen and oxygen atoms in total. The molecule has 0 spiro atoms. The number of alkyl halides is 3. The van der Waals surface area contributed by atoms with Crippen molar-refractivity contribution in [1.82, 2.24) is 0 Å². The highest BCUT2D eigenvalue weighted by Gasteiger charge is 2.29. The largest absolute Gasteiger partial charge is 0.446 e. The molecule has 0 fully saturated rings. The van der Waals surface area contributed by atoms with Gasteiger partial charge in [0.1, 0.15) is 0 Å². The molecule has 0 aliphatic carbocycles. The third-order valence-electron chi connectivity index (χ3n) is 3.30. The fraction of sp³-hybridized carbons (Fsp3) is 0.235. The van der Waals surface area contributed by atoms with Gasteiger partial charge in [-0.05, 0) is 61.5 Å². The molecule has 0 unspecified atom stereocenters. The minimum Gasteiger partial charge on any atom is -0.308 e. The Hall–Kier alpha value is -1.95. The number of nitrogens with zero attached hydrogens (tertiary/aromatic N) is 1. The third kappa shape index (κ3) is 4.51. The van der Waals surface area contributed by atoms with Gasteiger partial charge in [0.2, 0.25) is 0 Å². The van der Waals surface area contributed by atoms with Crippen LogP contribution in [-0.2, 0) is 0 Å². The van der Waals surface area contributed by atoms with Crippen molar-refractivity contribution < 1.29 is 18.0 Å². The van der Waals surface area contributed by atoms with Gasteiger partial charge in [0.05, 0.1) is 0 Å². The van der Waals surface area contributed by atoms with Crippen LogP contribution in [0.1, 0.15) is 22.8 Å². The van der Waals surface area contributed by atoms with E-state index < -0.39 is 5.51 Å². The first-order valence-electron chi connectivity index (χ1n) is 7.05. The zero-order valence-electron chi connectivity index (χ0n) is 12.7. The van der Waals surface area contributed by atoms with Crippen LogP contribution in [0.15, 0.2) is 53.4 Å². The fourth-order valence-corrected chi connectivity index (χ4v) is 2.78. The Balaban J connectivity index is 2.23. The molecule has 0 saturated carbocycles. The lowest BCUT2D eigenvalue weighted by Gasteiger charge is -2.23. The summed E-state index contributed by atoms with van der Waals surface area (Å²) in [6.07, 6.45) is 0. The second-order valence-corrected chi connectivity index (χ2v) is 6.05. The monoisotopic (exact) mass is 339 g/mol. The SMILES string of the molecule is CCN(C(=O)c1ccc(SC(F)(F)F)cc1)c1ccccc1C. The Morgan fingerprint density at radius 2 is 1.70 bits per heavy atom. The number of halogens is 3. The lowest BCUT2D eigenvalue weighted by Crippen LogP contribution is -2.31. The summed E-state index contributed by atoms with van der Waals surface area (Å²) in [5.74, 6) is -0.231. The van der Waals surface area contributed by atoms with Gasteiger partial charge in [-0.25, -0.2) is 0 Å². The smallest absolute Gasteiger partial charge is 0.308 e. The molecule has 122 valence electrons. The number of thioether (sulfide) groups is 1. The van der Waals surface area contributed by atoms with Crippen LogP contribution < -0.4 is 4.90 Å². The van der Waals surface area contributed by atoms with Crippen LogP contribution in [-0.4, -0.2) is 18.0 Å². The van der Waals surface area contributed by atoms with E-state index in [0.717, 1.165) is 11.3 Å². The van der Waals surface area contributed by atoms with Crippen LogP contribution in [0.2, 0.25) is 0 Å². The molecule has 2 rings (SSSR count). The summed E-state index contributed by atoms with van der Waals surface area (Å²) in [5.41, 5.74) is -2.20. The standard InChI is InChI=1S/C17H16F3NOS/c1-3-21(15-7-5-4-6-12(15)2)16(22)13-8-10-14(11-9-13)23-17(18,19)20/h4-11H,3H2,1-2H3. The molecule has 0 atom stereocenters. The van der Waals surface area contributed by atoms with Gasteiger partial charge < -0.3 is 4.90 Å². The quantitative estimate of drug-likeness (QED) is 0.707. The van der Waals surface area contributed by atoms with Crippen LogP contribution in [0.5, 0.6) is 0 Å². The molecule has 2 aromatic carbocycles. The zero-order valence-corrected chi connectivity index (χ0v) is 13.5. The number of aryl methyl sites for hydroxylation is 1. The van der Waals surface area contributed by atoms with Crippen molar-refractivity contribution in [2.24, 2.45) is 0 Å². The number of anilines is 1. The van der Waals surface area contributed by atoms with E-state index in [-0.39, 0.29) is 22.6 Å². The van der Waals surface area contributed by atoms with E-state index in [1.165, 1.54) is 24.3 Å². The maximum Gasteiger partial charge on any atom is 0.446 e. The molecule has 0 saturated heterocycles. The Morgan fingerprint density at radius 3 is 2.22 bits per heavy atom. The van der Waals surface area contributed by atoms with E-state index in [1.807, 2.05) is 38.1 Å². The lowest BCUT2D eigenvalue weighted by atomic mass is 10.1. The van der Waals surface area contributed by atoms with E-state index in [2.05, 4.69) is 0 Å². The van der Waals surface area contributed by atoms with E-state index in [9.17, 15) is 18.0 Å². The topological polar surface area (TPSA) is 20.3 Å². The van der Waals surface area contributed by atoms with Crippen LogP contribution >= 0.6 is 11.8 Å². The molecule has 0 N–H and O–H groups in total. The van der Waals surface area contributed by atoms with Crippen molar-refractivity contribution in [2.75, 3.05) is 11.4 Å². The molecule has 6 heteroatoms. The van der Waals surface area contributed by atoms with Crippen molar-refractivity contribution in [3.63, 3.8) is 0 Å². The fourth-order valence-electron chi connectivity index (χ4n) is 2.24. The molecule has 1 amide bonds. The number of carbonyl (C=O) groups is 1. The van der Waals surface area contributed by atoms with Crippen LogP contribution in [0.25, 0.3) is 0 Å². The normalized spacial score (nSPS) is 11.3. The third-order valence-corrected chi connectivity index (χ3v) is 4.04.